The number of allylic oxidation sites excluding steroid dienone is 1. The zero-order valence-electron chi connectivity index (χ0n) is 20.8. The van der Waals surface area contributed by atoms with Crippen LogP contribution in [0.5, 0.6) is 0 Å². The third-order valence-electron chi connectivity index (χ3n) is 7.37. The molecule has 0 saturated carbocycles. The van der Waals surface area contributed by atoms with Gasteiger partial charge in [-0.1, -0.05) is 97.1 Å². The van der Waals surface area contributed by atoms with Crippen molar-refractivity contribution in [2.75, 3.05) is 0 Å². The molecule has 0 saturated heterocycles. The van der Waals surface area contributed by atoms with Gasteiger partial charge in [-0.05, 0) is 64.7 Å². The quantitative estimate of drug-likeness (QED) is 0.224. The molecule has 0 unspecified atom stereocenters. The molecule has 2 heteroatoms. The lowest BCUT2D eigenvalue weighted by molar-refractivity contribution is 1.36. The summed E-state index contributed by atoms with van der Waals surface area (Å²) in [6.45, 7) is 4.33. The fraction of sp³-hybridized carbons (Fsp3) is 0.0571. The molecule has 2 heterocycles. The van der Waals surface area contributed by atoms with Crippen LogP contribution in [0.4, 0.5) is 0 Å². The van der Waals surface area contributed by atoms with Gasteiger partial charge in [-0.15, -0.1) is 11.3 Å². The van der Waals surface area contributed by atoms with Crippen LogP contribution in [0, 0.1) is 6.92 Å². The number of pyridine rings is 1. The van der Waals surface area contributed by atoms with Crippen molar-refractivity contribution < 1.29 is 0 Å². The second kappa shape index (κ2) is 8.69. The summed E-state index contributed by atoms with van der Waals surface area (Å²) in [6.07, 6.45) is 4.39. The number of benzene rings is 5. The molecule has 37 heavy (non-hydrogen) atoms. The second-order valence-electron chi connectivity index (χ2n) is 9.54. The third kappa shape index (κ3) is 3.48. The van der Waals surface area contributed by atoms with Gasteiger partial charge >= 0.3 is 0 Å². The van der Waals surface area contributed by atoms with Crippen molar-refractivity contribution in [2.24, 2.45) is 0 Å². The maximum Gasteiger partial charge on any atom is 0.0888 e. The molecule has 176 valence electrons. The Kier molecular flexibility index (Phi) is 5.16. The van der Waals surface area contributed by atoms with Crippen LogP contribution < -0.4 is 0 Å². The standard InChI is InChI=1S/C35H25NS/c1-3-11-25-22(2)26-14-7-8-15-27(26)28-19-18-24(20-30(25)28)34-35-31(29-16-9-10-17-33(29)37-35)21-32(36-34)23-12-5-4-6-13-23/h3-21H,1-2H3/b11-3-. The summed E-state index contributed by atoms with van der Waals surface area (Å²) in [6, 6.07) is 37.1. The molecular weight excluding hydrogens is 466 g/mol. The summed E-state index contributed by atoms with van der Waals surface area (Å²) in [5, 5.41) is 7.73. The van der Waals surface area contributed by atoms with E-state index in [1.807, 2.05) is 11.3 Å². The van der Waals surface area contributed by atoms with Crippen molar-refractivity contribution in [3.05, 3.63) is 120 Å². The zero-order valence-corrected chi connectivity index (χ0v) is 21.6. The maximum absolute atomic E-state index is 5.30. The van der Waals surface area contributed by atoms with Crippen LogP contribution in [-0.4, -0.2) is 4.98 Å². The molecule has 2 aromatic heterocycles. The lowest BCUT2D eigenvalue weighted by atomic mass is 9.90. The number of hydrogen-bond acceptors (Lipinski definition) is 2. The number of aryl methyl sites for hydroxylation is 1. The Bertz CT molecular complexity index is 1990. The molecule has 7 aromatic rings. The first-order valence-corrected chi connectivity index (χ1v) is 13.5. The predicted molar refractivity (Wildman–Crippen MR) is 162 cm³/mol. The van der Waals surface area contributed by atoms with Gasteiger partial charge in [-0.3, -0.25) is 0 Å². The van der Waals surface area contributed by atoms with E-state index in [0.29, 0.717) is 0 Å². The Morgan fingerprint density at radius 2 is 1.32 bits per heavy atom. The summed E-state index contributed by atoms with van der Waals surface area (Å²) in [4.78, 5) is 5.30. The van der Waals surface area contributed by atoms with Gasteiger partial charge < -0.3 is 0 Å². The summed E-state index contributed by atoms with van der Waals surface area (Å²) >= 11 is 1.84. The number of rotatable bonds is 3. The number of nitrogens with zero attached hydrogens (tertiary/aromatic N) is 1. The molecule has 0 aliphatic heterocycles. The van der Waals surface area contributed by atoms with Gasteiger partial charge in [0.05, 0.1) is 16.1 Å². The molecular formula is C35H25NS. The molecule has 1 nitrogen and oxygen atoms in total. The van der Waals surface area contributed by atoms with Crippen LogP contribution >= 0.6 is 11.3 Å². The Labute approximate surface area is 220 Å². The first-order chi connectivity index (χ1) is 18.2. The number of thiophene rings is 1. The Hall–Kier alpha value is -4.27. The molecule has 0 radical (unpaired) electrons. The average molecular weight is 492 g/mol. The highest BCUT2D eigenvalue weighted by molar-refractivity contribution is 7.26. The largest absolute Gasteiger partial charge is 0.246 e. The van der Waals surface area contributed by atoms with Crippen molar-refractivity contribution in [1.82, 2.24) is 4.98 Å². The minimum Gasteiger partial charge on any atom is -0.246 e. The summed E-state index contributed by atoms with van der Waals surface area (Å²) in [7, 11) is 0. The van der Waals surface area contributed by atoms with Crippen LogP contribution in [-0.2, 0) is 0 Å². The van der Waals surface area contributed by atoms with Crippen LogP contribution in [0.25, 0.3) is 70.3 Å². The SMILES string of the molecule is C/C=C\c1c(C)c2ccccc2c2ccc(-c3nc(-c4ccccc4)cc4c3sc3ccccc34)cc12. The Morgan fingerprint density at radius 1 is 0.622 bits per heavy atom. The Morgan fingerprint density at radius 3 is 2.14 bits per heavy atom. The topological polar surface area (TPSA) is 12.9 Å². The van der Waals surface area contributed by atoms with E-state index in [4.69, 9.17) is 4.98 Å². The first-order valence-electron chi connectivity index (χ1n) is 12.7. The molecule has 0 N–H and O–H groups in total. The number of aromatic nitrogens is 1. The van der Waals surface area contributed by atoms with E-state index in [2.05, 4.69) is 129 Å². The highest BCUT2D eigenvalue weighted by Crippen LogP contribution is 2.42. The van der Waals surface area contributed by atoms with Gasteiger partial charge in [0.15, 0.2) is 0 Å². The second-order valence-corrected chi connectivity index (χ2v) is 10.6. The van der Waals surface area contributed by atoms with E-state index in [-0.39, 0.29) is 0 Å². The molecule has 0 atom stereocenters. The highest BCUT2D eigenvalue weighted by Gasteiger charge is 2.17. The van der Waals surface area contributed by atoms with Gasteiger partial charge in [-0.25, -0.2) is 4.98 Å². The van der Waals surface area contributed by atoms with E-state index in [9.17, 15) is 0 Å². The number of fused-ring (bicyclic) bond motifs is 6. The zero-order chi connectivity index (χ0) is 24.9. The molecule has 0 aliphatic rings. The van der Waals surface area contributed by atoms with Crippen molar-refractivity contribution in [2.45, 2.75) is 13.8 Å². The van der Waals surface area contributed by atoms with Crippen LogP contribution in [0.2, 0.25) is 0 Å². The van der Waals surface area contributed by atoms with Gasteiger partial charge in [0.2, 0.25) is 0 Å². The maximum atomic E-state index is 5.30. The van der Waals surface area contributed by atoms with Gasteiger partial charge in [0, 0.05) is 26.6 Å². The lowest BCUT2D eigenvalue weighted by Gasteiger charge is -2.14. The highest BCUT2D eigenvalue weighted by atomic mass is 32.1. The summed E-state index contributed by atoms with van der Waals surface area (Å²) < 4.78 is 2.54. The molecule has 0 fully saturated rings. The molecule has 0 bridgehead atoms. The summed E-state index contributed by atoms with van der Waals surface area (Å²) in [5.74, 6) is 0. The van der Waals surface area contributed by atoms with Crippen molar-refractivity contribution >= 4 is 59.1 Å². The molecule has 0 spiro atoms. The van der Waals surface area contributed by atoms with Gasteiger partial charge in [-0.2, -0.15) is 0 Å². The summed E-state index contributed by atoms with van der Waals surface area (Å²) in [5.41, 5.74) is 6.95. The first kappa shape index (κ1) is 22.0. The molecule has 0 amide bonds. The van der Waals surface area contributed by atoms with Gasteiger partial charge in [0.25, 0.3) is 0 Å². The van der Waals surface area contributed by atoms with Crippen LogP contribution in [0.15, 0.2) is 109 Å². The molecule has 7 rings (SSSR count). The number of hydrogen-bond donors (Lipinski definition) is 0. The van der Waals surface area contributed by atoms with Crippen molar-refractivity contribution in [3.8, 4) is 22.5 Å². The van der Waals surface area contributed by atoms with Crippen LogP contribution in [0.1, 0.15) is 18.1 Å². The fourth-order valence-corrected chi connectivity index (χ4v) is 6.79. The third-order valence-corrected chi connectivity index (χ3v) is 8.57. The monoisotopic (exact) mass is 491 g/mol. The van der Waals surface area contributed by atoms with E-state index in [1.165, 1.54) is 52.8 Å². The lowest BCUT2D eigenvalue weighted by Crippen LogP contribution is -1.92. The normalized spacial score (nSPS) is 11.9. The van der Waals surface area contributed by atoms with E-state index in [0.717, 1.165) is 22.5 Å². The average Bonchev–Trinajstić information content (AvgIpc) is 3.34. The minimum absolute atomic E-state index is 1.01. The van der Waals surface area contributed by atoms with Crippen molar-refractivity contribution in [3.63, 3.8) is 0 Å². The van der Waals surface area contributed by atoms with E-state index >= 15 is 0 Å². The predicted octanol–water partition coefficient (Wildman–Crippen LogP) is 10.4. The fourth-order valence-electron chi connectivity index (χ4n) is 5.60. The van der Waals surface area contributed by atoms with E-state index in [1.54, 1.807) is 0 Å². The van der Waals surface area contributed by atoms with Gasteiger partial charge in [0.1, 0.15) is 0 Å². The smallest absolute Gasteiger partial charge is 0.0888 e. The van der Waals surface area contributed by atoms with E-state index < -0.39 is 0 Å². The van der Waals surface area contributed by atoms with Crippen molar-refractivity contribution in [1.29, 1.82) is 0 Å². The minimum atomic E-state index is 1.01. The molecule has 0 aliphatic carbocycles. The Balaban J connectivity index is 1.58. The molecule has 5 aromatic carbocycles. The van der Waals surface area contributed by atoms with Crippen LogP contribution in [0.3, 0.4) is 0 Å².